The lowest BCUT2D eigenvalue weighted by Gasteiger charge is -2.12. The van der Waals surface area contributed by atoms with Crippen molar-refractivity contribution in [3.8, 4) is 17.2 Å². The molecule has 7 heteroatoms. The van der Waals surface area contributed by atoms with Gasteiger partial charge >= 0.3 is 5.69 Å². The number of nitro groups is 1. The summed E-state index contributed by atoms with van der Waals surface area (Å²) in [5.41, 5.74) is 6.10. The Morgan fingerprint density at radius 1 is 1.33 bits per heavy atom. The van der Waals surface area contributed by atoms with Crippen LogP contribution in [-0.2, 0) is 6.54 Å². The number of benzene rings is 2. The van der Waals surface area contributed by atoms with Crippen LogP contribution in [0.15, 0.2) is 36.4 Å². The van der Waals surface area contributed by atoms with Gasteiger partial charge in [0.15, 0.2) is 5.75 Å². The maximum atomic E-state index is 11.1. The number of methoxy groups -OCH3 is 1. The Balaban J connectivity index is 2.50. The van der Waals surface area contributed by atoms with Crippen molar-refractivity contribution in [2.24, 2.45) is 5.73 Å². The summed E-state index contributed by atoms with van der Waals surface area (Å²) in [4.78, 5) is 10.5. The maximum absolute atomic E-state index is 11.1. The van der Waals surface area contributed by atoms with E-state index in [0.29, 0.717) is 22.1 Å². The fraction of sp³-hybridized carbons (Fsp3) is 0.143. The summed E-state index contributed by atoms with van der Waals surface area (Å²) in [6.45, 7) is 0.202. The minimum atomic E-state index is -0.534. The highest BCUT2D eigenvalue weighted by atomic mass is 35.5. The second kappa shape index (κ2) is 6.43. The zero-order valence-electron chi connectivity index (χ0n) is 11.2. The Morgan fingerprint density at radius 2 is 2.10 bits per heavy atom. The summed E-state index contributed by atoms with van der Waals surface area (Å²) in [6, 6.07) is 9.34. The first kappa shape index (κ1) is 15.1. The summed E-state index contributed by atoms with van der Waals surface area (Å²) >= 11 is 6.08. The van der Waals surface area contributed by atoms with Crippen LogP contribution in [0.1, 0.15) is 5.56 Å². The van der Waals surface area contributed by atoms with Crippen molar-refractivity contribution < 1.29 is 14.4 Å². The zero-order chi connectivity index (χ0) is 15.4. The Hall–Kier alpha value is -2.31. The predicted octanol–water partition coefficient (Wildman–Crippen LogP) is 3.51. The maximum Gasteiger partial charge on any atom is 0.311 e. The van der Waals surface area contributed by atoms with Crippen molar-refractivity contribution in [3.05, 3.63) is 57.1 Å². The summed E-state index contributed by atoms with van der Waals surface area (Å²) < 4.78 is 10.7. The van der Waals surface area contributed by atoms with E-state index in [4.69, 9.17) is 26.8 Å². The van der Waals surface area contributed by atoms with Crippen LogP contribution in [0.25, 0.3) is 0 Å². The van der Waals surface area contributed by atoms with E-state index in [1.54, 1.807) is 18.2 Å². The first-order chi connectivity index (χ1) is 10.1. The Labute approximate surface area is 126 Å². The molecule has 0 aliphatic carbocycles. The standard InChI is InChI=1S/C14H13ClN2O4/c1-20-10-5-6-12(17(18)19)13(7-10)21-14-9(8-16)3-2-4-11(14)15/h2-7H,8,16H2,1H3. The molecular weight excluding hydrogens is 296 g/mol. The third-order valence-electron chi connectivity index (χ3n) is 2.84. The lowest BCUT2D eigenvalue weighted by molar-refractivity contribution is -0.385. The van der Waals surface area contributed by atoms with Gasteiger partial charge in [-0.2, -0.15) is 0 Å². The van der Waals surface area contributed by atoms with Crippen molar-refractivity contribution in [1.29, 1.82) is 0 Å². The number of nitrogens with two attached hydrogens (primary N) is 1. The van der Waals surface area contributed by atoms with Gasteiger partial charge < -0.3 is 15.2 Å². The van der Waals surface area contributed by atoms with Crippen LogP contribution in [0.2, 0.25) is 5.02 Å². The minimum absolute atomic E-state index is 0.0437. The van der Waals surface area contributed by atoms with E-state index in [9.17, 15) is 10.1 Å². The van der Waals surface area contributed by atoms with E-state index >= 15 is 0 Å². The molecule has 0 aliphatic heterocycles. The first-order valence-corrected chi connectivity index (χ1v) is 6.42. The number of halogens is 1. The van der Waals surface area contributed by atoms with Gasteiger partial charge in [0, 0.05) is 24.2 Å². The van der Waals surface area contributed by atoms with Crippen molar-refractivity contribution >= 4 is 17.3 Å². The average Bonchev–Trinajstić information content (AvgIpc) is 2.48. The van der Waals surface area contributed by atoms with Gasteiger partial charge in [-0.25, -0.2) is 0 Å². The summed E-state index contributed by atoms with van der Waals surface area (Å²) in [6.07, 6.45) is 0. The molecule has 2 aromatic carbocycles. The SMILES string of the molecule is COc1ccc([N+](=O)[O-])c(Oc2c(Cl)cccc2CN)c1. The molecule has 0 unspecified atom stereocenters. The van der Waals surface area contributed by atoms with Crippen LogP contribution >= 0.6 is 11.6 Å². The molecule has 110 valence electrons. The lowest BCUT2D eigenvalue weighted by atomic mass is 10.2. The number of nitrogens with zero attached hydrogens (tertiary/aromatic N) is 1. The lowest BCUT2D eigenvalue weighted by Crippen LogP contribution is -2.01. The number of nitro benzene ring substituents is 1. The third-order valence-corrected chi connectivity index (χ3v) is 3.14. The number of ether oxygens (including phenoxy) is 2. The molecule has 0 heterocycles. The second-order valence-corrected chi connectivity index (χ2v) is 4.53. The van der Waals surface area contributed by atoms with Gasteiger partial charge in [-0.05, 0) is 12.1 Å². The van der Waals surface area contributed by atoms with Gasteiger partial charge in [0.05, 0.1) is 17.1 Å². The molecule has 2 N–H and O–H groups in total. The highest BCUT2D eigenvalue weighted by molar-refractivity contribution is 6.32. The van der Waals surface area contributed by atoms with Gasteiger partial charge in [0.2, 0.25) is 5.75 Å². The Bertz CT molecular complexity index is 676. The van der Waals surface area contributed by atoms with Crippen LogP contribution in [0.5, 0.6) is 17.2 Å². The predicted molar refractivity (Wildman–Crippen MR) is 79.1 cm³/mol. The number of para-hydroxylation sites is 1. The fourth-order valence-electron chi connectivity index (χ4n) is 1.79. The highest BCUT2D eigenvalue weighted by Gasteiger charge is 2.19. The molecule has 6 nitrogen and oxygen atoms in total. The van der Waals surface area contributed by atoms with Crippen LogP contribution in [0.3, 0.4) is 0 Å². The van der Waals surface area contributed by atoms with Gasteiger partial charge in [0.25, 0.3) is 0 Å². The van der Waals surface area contributed by atoms with Crippen molar-refractivity contribution in [3.63, 3.8) is 0 Å². The molecule has 0 bridgehead atoms. The molecule has 0 atom stereocenters. The molecule has 0 aliphatic rings. The molecule has 2 rings (SSSR count). The molecule has 0 amide bonds. The van der Waals surface area contributed by atoms with E-state index in [1.165, 1.54) is 25.3 Å². The zero-order valence-corrected chi connectivity index (χ0v) is 12.0. The molecule has 2 aromatic rings. The van der Waals surface area contributed by atoms with Gasteiger partial charge in [0.1, 0.15) is 5.75 Å². The van der Waals surface area contributed by atoms with Crippen LogP contribution in [0, 0.1) is 10.1 Å². The quantitative estimate of drug-likeness (QED) is 0.674. The van der Waals surface area contributed by atoms with Crippen LogP contribution < -0.4 is 15.2 Å². The monoisotopic (exact) mass is 308 g/mol. The van der Waals surface area contributed by atoms with E-state index in [2.05, 4.69) is 0 Å². The average molecular weight is 309 g/mol. The van der Waals surface area contributed by atoms with E-state index in [1.807, 2.05) is 0 Å². The van der Waals surface area contributed by atoms with Crippen molar-refractivity contribution in [2.75, 3.05) is 7.11 Å². The Morgan fingerprint density at radius 3 is 2.71 bits per heavy atom. The summed E-state index contributed by atoms with van der Waals surface area (Å²) in [7, 11) is 1.46. The largest absolute Gasteiger partial charge is 0.497 e. The first-order valence-electron chi connectivity index (χ1n) is 6.04. The summed E-state index contributed by atoms with van der Waals surface area (Å²) in [5.74, 6) is 0.789. The third kappa shape index (κ3) is 3.24. The Kier molecular flexibility index (Phi) is 4.62. The number of hydrogen-bond donors (Lipinski definition) is 1. The molecule has 0 aromatic heterocycles. The molecule has 0 fully saturated rings. The van der Waals surface area contributed by atoms with Crippen LogP contribution in [-0.4, -0.2) is 12.0 Å². The normalized spacial score (nSPS) is 10.2. The molecule has 0 radical (unpaired) electrons. The summed E-state index contributed by atoms with van der Waals surface area (Å²) in [5, 5.41) is 11.4. The minimum Gasteiger partial charge on any atom is -0.497 e. The van der Waals surface area contributed by atoms with Crippen molar-refractivity contribution in [1.82, 2.24) is 0 Å². The topological polar surface area (TPSA) is 87.6 Å². The molecule has 21 heavy (non-hydrogen) atoms. The van der Waals surface area contributed by atoms with Gasteiger partial charge in [-0.3, -0.25) is 10.1 Å². The van der Waals surface area contributed by atoms with Gasteiger partial charge in [-0.15, -0.1) is 0 Å². The second-order valence-electron chi connectivity index (χ2n) is 4.13. The highest BCUT2D eigenvalue weighted by Crippen LogP contribution is 2.38. The van der Waals surface area contributed by atoms with E-state index in [-0.39, 0.29) is 18.0 Å². The van der Waals surface area contributed by atoms with Crippen molar-refractivity contribution in [2.45, 2.75) is 6.54 Å². The fourth-order valence-corrected chi connectivity index (χ4v) is 2.03. The smallest absolute Gasteiger partial charge is 0.311 e. The van der Waals surface area contributed by atoms with Crippen LogP contribution in [0.4, 0.5) is 5.69 Å². The number of hydrogen-bond acceptors (Lipinski definition) is 5. The van der Waals surface area contributed by atoms with E-state index in [0.717, 1.165) is 0 Å². The molecular formula is C14H13ClN2O4. The molecule has 0 saturated heterocycles. The molecule has 0 spiro atoms. The molecule has 0 saturated carbocycles. The number of rotatable bonds is 5. The van der Waals surface area contributed by atoms with E-state index < -0.39 is 4.92 Å². The van der Waals surface area contributed by atoms with Gasteiger partial charge in [-0.1, -0.05) is 23.7 Å².